The summed E-state index contributed by atoms with van der Waals surface area (Å²) in [7, 11) is 0. The fourth-order valence-electron chi connectivity index (χ4n) is 1.57. The van der Waals surface area contributed by atoms with Gasteiger partial charge in [0.1, 0.15) is 11.1 Å². The highest BCUT2D eigenvalue weighted by Crippen LogP contribution is 2.29. The van der Waals surface area contributed by atoms with Crippen LogP contribution in [0.5, 0.6) is 0 Å². The van der Waals surface area contributed by atoms with Gasteiger partial charge in [-0.2, -0.15) is 5.26 Å². The van der Waals surface area contributed by atoms with Crippen molar-refractivity contribution in [1.29, 1.82) is 5.26 Å². The lowest BCUT2D eigenvalue weighted by molar-refractivity contribution is -0.119. The lowest BCUT2D eigenvalue weighted by atomic mass is 10.1. The topological polar surface area (TPSA) is 109 Å². The molecule has 1 atom stereocenters. The number of nitrogens with one attached hydrogen (secondary N) is 1. The molecule has 0 aliphatic heterocycles. The molecule has 1 aromatic rings. The van der Waals surface area contributed by atoms with Gasteiger partial charge >= 0.3 is 6.03 Å². The average Bonchev–Trinajstić information content (AvgIpc) is 2.35. The van der Waals surface area contributed by atoms with Crippen LogP contribution in [-0.4, -0.2) is 22.2 Å². The Hall–Kier alpha value is -2.07. The molecule has 0 aliphatic rings. The number of imide groups is 1. The third kappa shape index (κ3) is 3.48. The smallest absolute Gasteiger partial charge is 0.318 e. The van der Waals surface area contributed by atoms with E-state index in [0.29, 0.717) is 10.6 Å². The van der Waals surface area contributed by atoms with Crippen molar-refractivity contribution in [2.24, 2.45) is 5.73 Å². The molecule has 7 heteroatoms. The second-order valence-corrected chi connectivity index (χ2v) is 5.68. The van der Waals surface area contributed by atoms with Gasteiger partial charge in [-0.3, -0.25) is 10.1 Å². The SMILES string of the molecule is Cc1nc(S[C@@H](C)C(=O)NC(N)=O)c(C#N)c(C)c1C. The van der Waals surface area contributed by atoms with E-state index in [1.165, 1.54) is 0 Å². The first-order valence-electron chi connectivity index (χ1n) is 5.92. The van der Waals surface area contributed by atoms with E-state index in [4.69, 9.17) is 5.73 Å². The molecular weight excluding hydrogens is 276 g/mol. The summed E-state index contributed by atoms with van der Waals surface area (Å²) in [5.41, 5.74) is 7.98. The van der Waals surface area contributed by atoms with Gasteiger partial charge in [0.2, 0.25) is 5.91 Å². The van der Waals surface area contributed by atoms with Gasteiger partial charge in [0.25, 0.3) is 0 Å². The number of carbonyl (C=O) groups is 2. The molecule has 3 N–H and O–H groups in total. The summed E-state index contributed by atoms with van der Waals surface area (Å²) in [4.78, 5) is 26.7. The van der Waals surface area contributed by atoms with Crippen LogP contribution >= 0.6 is 11.8 Å². The number of primary amides is 1. The Morgan fingerprint density at radius 1 is 1.35 bits per heavy atom. The summed E-state index contributed by atoms with van der Waals surface area (Å²) in [5.74, 6) is -0.510. The molecule has 1 rings (SSSR count). The Morgan fingerprint density at radius 2 is 1.95 bits per heavy atom. The Morgan fingerprint density at radius 3 is 2.45 bits per heavy atom. The van der Waals surface area contributed by atoms with Crippen molar-refractivity contribution in [3.05, 3.63) is 22.4 Å². The van der Waals surface area contributed by atoms with Crippen molar-refractivity contribution in [3.63, 3.8) is 0 Å². The van der Waals surface area contributed by atoms with E-state index in [1.54, 1.807) is 6.92 Å². The number of nitrogens with two attached hydrogens (primary N) is 1. The largest absolute Gasteiger partial charge is 0.351 e. The number of pyridine rings is 1. The molecule has 1 heterocycles. The van der Waals surface area contributed by atoms with E-state index in [-0.39, 0.29) is 0 Å². The standard InChI is InChI=1S/C13H16N4O2S/c1-6-7(2)10(5-14)12(16-8(6)3)20-9(4)11(18)17-13(15)19/h9H,1-4H3,(H3,15,17,18,19)/t9-/m0/s1. The Kier molecular flexibility index (Phi) is 5.11. The highest BCUT2D eigenvalue weighted by atomic mass is 32.2. The maximum absolute atomic E-state index is 11.7. The zero-order chi connectivity index (χ0) is 15.4. The number of amides is 3. The van der Waals surface area contributed by atoms with Crippen molar-refractivity contribution < 1.29 is 9.59 Å². The predicted molar refractivity (Wildman–Crippen MR) is 76.2 cm³/mol. The number of hydrogen-bond donors (Lipinski definition) is 2. The molecule has 6 nitrogen and oxygen atoms in total. The molecule has 0 saturated carbocycles. The first kappa shape index (κ1) is 16.0. The number of nitrogens with zero attached hydrogens (tertiary/aromatic N) is 2. The molecule has 0 spiro atoms. The number of hydrogen-bond acceptors (Lipinski definition) is 5. The quantitative estimate of drug-likeness (QED) is 0.821. The average molecular weight is 292 g/mol. The minimum absolute atomic E-state index is 0.455. The Balaban J connectivity index is 3.07. The molecule has 0 radical (unpaired) electrons. The monoisotopic (exact) mass is 292 g/mol. The minimum Gasteiger partial charge on any atom is -0.351 e. The molecule has 0 aromatic carbocycles. The third-order valence-electron chi connectivity index (χ3n) is 2.98. The van der Waals surface area contributed by atoms with Crippen LogP contribution in [0.25, 0.3) is 0 Å². The molecule has 0 unspecified atom stereocenters. The van der Waals surface area contributed by atoms with Crippen LogP contribution in [0.3, 0.4) is 0 Å². The van der Waals surface area contributed by atoms with Crippen LogP contribution in [-0.2, 0) is 4.79 Å². The predicted octanol–water partition coefficient (Wildman–Crippen LogP) is 1.55. The number of aromatic nitrogens is 1. The maximum atomic E-state index is 11.7. The maximum Gasteiger partial charge on any atom is 0.318 e. The zero-order valence-corrected chi connectivity index (χ0v) is 12.6. The van der Waals surface area contributed by atoms with Crippen LogP contribution in [0.1, 0.15) is 29.3 Å². The summed E-state index contributed by atoms with van der Waals surface area (Å²) < 4.78 is 0. The second kappa shape index (κ2) is 6.39. The number of aryl methyl sites for hydroxylation is 1. The van der Waals surface area contributed by atoms with E-state index in [0.717, 1.165) is 28.6 Å². The zero-order valence-electron chi connectivity index (χ0n) is 11.8. The fraction of sp³-hybridized carbons (Fsp3) is 0.385. The van der Waals surface area contributed by atoms with Gasteiger partial charge in [-0.25, -0.2) is 9.78 Å². The highest BCUT2D eigenvalue weighted by Gasteiger charge is 2.20. The minimum atomic E-state index is -0.896. The number of rotatable bonds is 3. The second-order valence-electron chi connectivity index (χ2n) is 4.35. The fourth-order valence-corrected chi connectivity index (χ4v) is 2.58. The number of carbonyl (C=O) groups excluding carboxylic acids is 2. The first-order chi connectivity index (χ1) is 9.27. The van der Waals surface area contributed by atoms with Crippen LogP contribution < -0.4 is 11.1 Å². The van der Waals surface area contributed by atoms with E-state index in [1.807, 2.05) is 26.1 Å². The van der Waals surface area contributed by atoms with Gasteiger partial charge in [-0.05, 0) is 38.8 Å². The van der Waals surface area contributed by atoms with Crippen LogP contribution in [0.15, 0.2) is 5.03 Å². The molecule has 20 heavy (non-hydrogen) atoms. The van der Waals surface area contributed by atoms with E-state index < -0.39 is 17.2 Å². The van der Waals surface area contributed by atoms with E-state index >= 15 is 0 Å². The van der Waals surface area contributed by atoms with E-state index in [2.05, 4.69) is 11.1 Å². The van der Waals surface area contributed by atoms with Crippen molar-refractivity contribution >= 4 is 23.7 Å². The summed E-state index contributed by atoms with van der Waals surface area (Å²) in [6.07, 6.45) is 0. The van der Waals surface area contributed by atoms with Crippen LogP contribution in [0.4, 0.5) is 4.79 Å². The normalized spacial score (nSPS) is 11.6. The summed E-state index contributed by atoms with van der Waals surface area (Å²) in [5, 5.41) is 11.1. The number of nitriles is 1. The molecular formula is C13H16N4O2S. The Bertz CT molecular complexity index is 607. The summed E-state index contributed by atoms with van der Waals surface area (Å²) >= 11 is 1.13. The number of thioether (sulfide) groups is 1. The third-order valence-corrected chi connectivity index (χ3v) is 4.07. The lowest BCUT2D eigenvalue weighted by Gasteiger charge is -2.14. The molecule has 3 amide bonds. The first-order valence-corrected chi connectivity index (χ1v) is 6.80. The molecule has 0 fully saturated rings. The molecule has 0 bridgehead atoms. The van der Waals surface area contributed by atoms with Crippen LogP contribution in [0.2, 0.25) is 0 Å². The molecule has 106 valence electrons. The van der Waals surface area contributed by atoms with E-state index in [9.17, 15) is 14.9 Å². The van der Waals surface area contributed by atoms with Gasteiger partial charge < -0.3 is 5.73 Å². The van der Waals surface area contributed by atoms with Crippen LogP contribution in [0, 0.1) is 32.1 Å². The summed E-state index contributed by atoms with van der Waals surface area (Å²) in [6.45, 7) is 7.22. The highest BCUT2D eigenvalue weighted by molar-refractivity contribution is 8.00. The van der Waals surface area contributed by atoms with Crippen molar-refractivity contribution in [2.45, 2.75) is 38.0 Å². The van der Waals surface area contributed by atoms with Crippen molar-refractivity contribution in [3.8, 4) is 6.07 Å². The summed E-state index contributed by atoms with van der Waals surface area (Å²) in [6, 6.07) is 1.21. The van der Waals surface area contributed by atoms with Gasteiger partial charge in [-0.1, -0.05) is 11.8 Å². The lowest BCUT2D eigenvalue weighted by Crippen LogP contribution is -2.39. The van der Waals surface area contributed by atoms with Crippen molar-refractivity contribution in [2.75, 3.05) is 0 Å². The van der Waals surface area contributed by atoms with Gasteiger partial charge in [-0.15, -0.1) is 0 Å². The molecule has 1 aromatic heterocycles. The van der Waals surface area contributed by atoms with Gasteiger partial charge in [0.05, 0.1) is 10.8 Å². The van der Waals surface area contributed by atoms with Gasteiger partial charge in [0, 0.05) is 5.69 Å². The Labute approximate surface area is 121 Å². The molecule has 0 aliphatic carbocycles. The van der Waals surface area contributed by atoms with Crippen molar-refractivity contribution in [1.82, 2.24) is 10.3 Å². The van der Waals surface area contributed by atoms with Gasteiger partial charge in [0.15, 0.2) is 0 Å². The number of urea groups is 1. The molecule has 0 saturated heterocycles.